The van der Waals surface area contributed by atoms with Crippen LogP contribution in [0.15, 0.2) is 29.2 Å². The van der Waals surface area contributed by atoms with Gasteiger partial charge in [-0.1, -0.05) is 6.07 Å². The van der Waals surface area contributed by atoms with Crippen LogP contribution in [0.25, 0.3) is 0 Å². The van der Waals surface area contributed by atoms with Crippen LogP contribution >= 0.6 is 12.4 Å². The zero-order valence-electron chi connectivity index (χ0n) is 11.1. The van der Waals surface area contributed by atoms with Gasteiger partial charge in [0.2, 0.25) is 10.0 Å². The van der Waals surface area contributed by atoms with Crippen molar-refractivity contribution in [2.45, 2.75) is 4.90 Å². The van der Waals surface area contributed by atoms with Gasteiger partial charge in [-0.2, -0.15) is 5.26 Å². The van der Waals surface area contributed by atoms with E-state index in [1.165, 1.54) is 12.1 Å². The molecule has 0 aliphatic rings. The lowest BCUT2D eigenvalue weighted by Gasteiger charge is -2.07. The second kappa shape index (κ2) is 9.69. The number of rotatable bonds is 8. The fourth-order valence-electron chi connectivity index (χ4n) is 1.39. The van der Waals surface area contributed by atoms with Crippen LogP contribution in [0.1, 0.15) is 5.56 Å². The molecule has 0 saturated heterocycles. The number of hydrogen-bond acceptors (Lipinski definition) is 5. The van der Waals surface area contributed by atoms with Gasteiger partial charge in [0, 0.05) is 26.7 Å². The standard InChI is InChI=1S/C12H17N3O3S.ClH/c1-18-8-7-14-5-6-15-19(16,17)12-4-2-3-11(9-12)10-13;/h2-4,9,14-15H,5-8H2,1H3;1H. The predicted molar refractivity (Wildman–Crippen MR) is 78.3 cm³/mol. The van der Waals surface area contributed by atoms with E-state index in [9.17, 15) is 8.42 Å². The largest absolute Gasteiger partial charge is 0.383 e. The Labute approximate surface area is 125 Å². The summed E-state index contributed by atoms with van der Waals surface area (Å²) in [5.74, 6) is 0. The Morgan fingerprint density at radius 2 is 2.05 bits per heavy atom. The molecule has 0 aliphatic carbocycles. The molecule has 1 aromatic rings. The highest BCUT2D eigenvalue weighted by Crippen LogP contribution is 2.10. The van der Waals surface area contributed by atoms with E-state index < -0.39 is 10.0 Å². The maximum Gasteiger partial charge on any atom is 0.240 e. The Morgan fingerprint density at radius 3 is 2.70 bits per heavy atom. The Hall–Kier alpha value is -1.17. The van der Waals surface area contributed by atoms with Crippen LogP contribution in [0.4, 0.5) is 0 Å². The van der Waals surface area contributed by atoms with Crippen LogP contribution in [0.2, 0.25) is 0 Å². The van der Waals surface area contributed by atoms with Crippen molar-refractivity contribution in [3.05, 3.63) is 29.8 Å². The van der Waals surface area contributed by atoms with Gasteiger partial charge in [0.25, 0.3) is 0 Å². The first kappa shape index (κ1) is 18.8. The van der Waals surface area contributed by atoms with E-state index in [4.69, 9.17) is 10.00 Å². The minimum atomic E-state index is -3.56. The number of nitrogens with zero attached hydrogens (tertiary/aromatic N) is 1. The zero-order chi connectivity index (χ0) is 14.1. The summed E-state index contributed by atoms with van der Waals surface area (Å²) in [5.41, 5.74) is 0.320. The maximum atomic E-state index is 11.9. The summed E-state index contributed by atoms with van der Waals surface area (Å²) in [6, 6.07) is 7.83. The molecule has 2 N–H and O–H groups in total. The van der Waals surface area contributed by atoms with Crippen molar-refractivity contribution in [1.29, 1.82) is 5.26 Å². The summed E-state index contributed by atoms with van der Waals surface area (Å²) in [4.78, 5) is 0.100. The van der Waals surface area contributed by atoms with Crippen LogP contribution in [0.5, 0.6) is 0 Å². The maximum absolute atomic E-state index is 11.9. The monoisotopic (exact) mass is 319 g/mol. The number of nitriles is 1. The van der Waals surface area contributed by atoms with Gasteiger partial charge in [-0.15, -0.1) is 12.4 Å². The number of methoxy groups -OCH3 is 1. The molecular weight excluding hydrogens is 302 g/mol. The van der Waals surface area contributed by atoms with E-state index in [-0.39, 0.29) is 23.8 Å². The molecule has 0 bridgehead atoms. The van der Waals surface area contributed by atoms with E-state index >= 15 is 0 Å². The lowest BCUT2D eigenvalue weighted by Crippen LogP contribution is -2.33. The molecule has 0 amide bonds. The molecule has 0 radical (unpaired) electrons. The molecule has 0 saturated carbocycles. The van der Waals surface area contributed by atoms with Gasteiger partial charge >= 0.3 is 0 Å². The molecule has 8 heteroatoms. The molecule has 0 atom stereocenters. The third kappa shape index (κ3) is 6.32. The highest BCUT2D eigenvalue weighted by molar-refractivity contribution is 7.89. The van der Waals surface area contributed by atoms with Crippen LogP contribution in [-0.2, 0) is 14.8 Å². The van der Waals surface area contributed by atoms with E-state index in [0.29, 0.717) is 25.3 Å². The summed E-state index contributed by atoms with van der Waals surface area (Å²) in [6.07, 6.45) is 0. The van der Waals surface area contributed by atoms with Crippen molar-refractivity contribution in [3.8, 4) is 6.07 Å². The molecule has 0 fully saturated rings. The third-order valence-corrected chi connectivity index (χ3v) is 3.81. The predicted octanol–water partition coefficient (Wildman–Crippen LogP) is 0.494. The van der Waals surface area contributed by atoms with E-state index in [0.717, 1.165) is 0 Å². The third-order valence-electron chi connectivity index (χ3n) is 2.35. The Bertz CT molecular complexity index is 543. The Balaban J connectivity index is 0.00000361. The van der Waals surface area contributed by atoms with Crippen LogP contribution in [0.3, 0.4) is 0 Å². The van der Waals surface area contributed by atoms with Gasteiger partial charge in [0.1, 0.15) is 0 Å². The smallest absolute Gasteiger partial charge is 0.240 e. The molecule has 0 aliphatic heterocycles. The molecule has 0 heterocycles. The highest BCUT2D eigenvalue weighted by Gasteiger charge is 2.13. The number of hydrogen-bond donors (Lipinski definition) is 2. The summed E-state index contributed by atoms with van der Waals surface area (Å²) < 4.78 is 31.1. The van der Waals surface area contributed by atoms with E-state index in [1.54, 1.807) is 19.2 Å². The van der Waals surface area contributed by atoms with Gasteiger partial charge in [-0.3, -0.25) is 0 Å². The van der Waals surface area contributed by atoms with E-state index in [1.807, 2.05) is 6.07 Å². The minimum Gasteiger partial charge on any atom is -0.383 e. The van der Waals surface area contributed by atoms with Crippen molar-refractivity contribution in [3.63, 3.8) is 0 Å². The van der Waals surface area contributed by atoms with Gasteiger partial charge in [-0.25, -0.2) is 13.1 Å². The lowest BCUT2D eigenvalue weighted by atomic mass is 10.2. The van der Waals surface area contributed by atoms with Crippen LogP contribution in [-0.4, -0.2) is 41.8 Å². The molecule has 0 spiro atoms. The van der Waals surface area contributed by atoms with Gasteiger partial charge in [0.15, 0.2) is 0 Å². The first-order chi connectivity index (χ1) is 9.10. The molecule has 0 unspecified atom stereocenters. The van der Waals surface area contributed by atoms with Crippen molar-refractivity contribution < 1.29 is 13.2 Å². The van der Waals surface area contributed by atoms with Crippen molar-refractivity contribution in [2.24, 2.45) is 0 Å². The second-order valence-corrected chi connectivity index (χ2v) is 5.55. The van der Waals surface area contributed by atoms with Gasteiger partial charge in [0.05, 0.1) is 23.1 Å². The first-order valence-electron chi connectivity index (χ1n) is 5.79. The van der Waals surface area contributed by atoms with Crippen LogP contribution < -0.4 is 10.0 Å². The van der Waals surface area contributed by atoms with E-state index in [2.05, 4.69) is 10.0 Å². The normalized spacial score (nSPS) is 10.6. The highest BCUT2D eigenvalue weighted by atomic mass is 35.5. The quantitative estimate of drug-likeness (QED) is 0.681. The molecule has 1 rings (SSSR count). The molecule has 0 aromatic heterocycles. The lowest BCUT2D eigenvalue weighted by molar-refractivity contribution is 0.199. The molecule has 6 nitrogen and oxygen atoms in total. The molecule has 20 heavy (non-hydrogen) atoms. The summed E-state index contributed by atoms with van der Waals surface area (Å²) in [6.45, 7) is 2.04. The molecule has 1 aromatic carbocycles. The first-order valence-corrected chi connectivity index (χ1v) is 7.28. The van der Waals surface area contributed by atoms with Gasteiger partial charge in [-0.05, 0) is 18.2 Å². The average molecular weight is 320 g/mol. The minimum absolute atomic E-state index is 0. The molecular formula is C12H18ClN3O3S. The number of sulfonamides is 1. The number of halogens is 1. The van der Waals surface area contributed by atoms with Gasteiger partial charge < -0.3 is 10.1 Å². The topological polar surface area (TPSA) is 91.2 Å². The fourth-order valence-corrected chi connectivity index (χ4v) is 2.47. The Morgan fingerprint density at radius 1 is 1.30 bits per heavy atom. The number of nitrogens with one attached hydrogen (secondary N) is 2. The fraction of sp³-hybridized carbons (Fsp3) is 0.417. The van der Waals surface area contributed by atoms with Crippen LogP contribution in [0, 0.1) is 11.3 Å². The van der Waals surface area contributed by atoms with Crippen molar-refractivity contribution in [2.75, 3.05) is 33.4 Å². The zero-order valence-corrected chi connectivity index (χ0v) is 12.8. The van der Waals surface area contributed by atoms with Crippen molar-refractivity contribution >= 4 is 22.4 Å². The number of ether oxygens (including phenoxy) is 1. The molecule has 112 valence electrons. The average Bonchev–Trinajstić information content (AvgIpc) is 2.43. The SMILES string of the molecule is COCCNCCNS(=O)(=O)c1cccc(C#N)c1.Cl. The Kier molecular flexibility index (Phi) is 9.12. The second-order valence-electron chi connectivity index (χ2n) is 3.78. The number of benzene rings is 1. The summed E-state index contributed by atoms with van der Waals surface area (Å²) in [7, 11) is -1.95. The van der Waals surface area contributed by atoms with Crippen molar-refractivity contribution in [1.82, 2.24) is 10.0 Å². The summed E-state index contributed by atoms with van der Waals surface area (Å²) in [5, 5.41) is 11.8. The summed E-state index contributed by atoms with van der Waals surface area (Å²) >= 11 is 0.